The van der Waals surface area contributed by atoms with Gasteiger partial charge in [0.1, 0.15) is 18.3 Å². The molecule has 1 saturated carbocycles. The van der Waals surface area contributed by atoms with Gasteiger partial charge in [0.25, 0.3) is 0 Å². The molecule has 0 amide bonds. The maximum absolute atomic E-state index is 11.2. The summed E-state index contributed by atoms with van der Waals surface area (Å²) < 4.78 is 2.50. The van der Waals surface area contributed by atoms with Gasteiger partial charge >= 0.3 is 0 Å². The number of halogens is 1. The smallest absolute Gasteiger partial charge is 0.137 e. The van der Waals surface area contributed by atoms with Crippen molar-refractivity contribution in [1.29, 1.82) is 0 Å². The first-order valence-corrected chi connectivity index (χ1v) is 7.72. The Morgan fingerprint density at radius 1 is 1.37 bits per heavy atom. The summed E-state index contributed by atoms with van der Waals surface area (Å²) in [5.74, 6) is 0. The fourth-order valence-electron chi connectivity index (χ4n) is 2.88. The van der Waals surface area contributed by atoms with Gasteiger partial charge < -0.3 is 5.11 Å². The number of thiophene rings is 1. The SMILES string of the molecule is O[C@]1(c2ccc(Cl)s2)CCCCC[C@H]1n1cncn1. The van der Waals surface area contributed by atoms with Crippen molar-refractivity contribution in [2.45, 2.75) is 43.7 Å². The minimum absolute atomic E-state index is 0.0628. The second-order valence-corrected chi connectivity index (χ2v) is 6.73. The Kier molecular flexibility index (Phi) is 3.60. The summed E-state index contributed by atoms with van der Waals surface area (Å²) in [6.07, 6.45) is 8.14. The van der Waals surface area contributed by atoms with E-state index in [2.05, 4.69) is 10.1 Å². The van der Waals surface area contributed by atoms with Crippen LogP contribution in [0.3, 0.4) is 0 Å². The van der Waals surface area contributed by atoms with Gasteiger partial charge in [-0.1, -0.05) is 30.9 Å². The second-order valence-electron chi connectivity index (χ2n) is 5.02. The third kappa shape index (κ3) is 2.42. The predicted octanol–water partition coefficient (Wildman–Crippen LogP) is 3.39. The molecule has 4 nitrogen and oxygen atoms in total. The normalized spacial score (nSPS) is 28.2. The Labute approximate surface area is 121 Å². The van der Waals surface area contributed by atoms with Gasteiger partial charge in [-0.3, -0.25) is 0 Å². The zero-order valence-electron chi connectivity index (χ0n) is 10.5. The zero-order valence-corrected chi connectivity index (χ0v) is 12.1. The number of hydrogen-bond donors (Lipinski definition) is 1. The van der Waals surface area contributed by atoms with Gasteiger partial charge in [-0.25, -0.2) is 9.67 Å². The van der Waals surface area contributed by atoms with E-state index in [9.17, 15) is 5.11 Å². The van der Waals surface area contributed by atoms with Crippen LogP contribution in [0.5, 0.6) is 0 Å². The Bertz CT molecular complexity index is 542. The fourth-order valence-corrected chi connectivity index (χ4v) is 4.09. The number of rotatable bonds is 2. The van der Waals surface area contributed by atoms with Crippen LogP contribution in [0.1, 0.15) is 43.0 Å². The topological polar surface area (TPSA) is 50.9 Å². The van der Waals surface area contributed by atoms with E-state index in [1.165, 1.54) is 17.7 Å². The average Bonchev–Trinajstić information content (AvgIpc) is 3.01. The lowest BCUT2D eigenvalue weighted by Gasteiger charge is -2.34. The van der Waals surface area contributed by atoms with Crippen LogP contribution >= 0.6 is 22.9 Å². The molecule has 2 aromatic heterocycles. The summed E-state index contributed by atoms with van der Waals surface area (Å²) >= 11 is 7.48. The highest BCUT2D eigenvalue weighted by atomic mass is 35.5. The summed E-state index contributed by atoms with van der Waals surface area (Å²) in [4.78, 5) is 4.94. The first kappa shape index (κ1) is 13.1. The number of nitrogens with zero attached hydrogens (tertiary/aromatic N) is 3. The van der Waals surface area contributed by atoms with Crippen molar-refractivity contribution >= 4 is 22.9 Å². The van der Waals surface area contributed by atoms with E-state index >= 15 is 0 Å². The third-order valence-corrected chi connectivity index (χ3v) is 5.24. The maximum Gasteiger partial charge on any atom is 0.137 e. The van der Waals surface area contributed by atoms with Crippen molar-refractivity contribution in [1.82, 2.24) is 14.8 Å². The highest BCUT2D eigenvalue weighted by molar-refractivity contribution is 7.16. The van der Waals surface area contributed by atoms with Crippen LogP contribution in [-0.4, -0.2) is 19.9 Å². The molecule has 1 N–H and O–H groups in total. The van der Waals surface area contributed by atoms with E-state index in [0.29, 0.717) is 4.34 Å². The molecular weight excluding hydrogens is 282 g/mol. The van der Waals surface area contributed by atoms with Crippen molar-refractivity contribution in [2.24, 2.45) is 0 Å². The van der Waals surface area contributed by atoms with Crippen LogP contribution in [0.4, 0.5) is 0 Å². The predicted molar refractivity (Wildman–Crippen MR) is 75.4 cm³/mol. The molecule has 2 aromatic rings. The Hall–Kier alpha value is -0.910. The fraction of sp³-hybridized carbons (Fsp3) is 0.538. The monoisotopic (exact) mass is 297 g/mol. The molecule has 0 unspecified atom stereocenters. The maximum atomic E-state index is 11.2. The molecule has 0 spiro atoms. The van der Waals surface area contributed by atoms with Gasteiger partial charge in [-0.15, -0.1) is 11.3 Å². The van der Waals surface area contributed by atoms with Gasteiger partial charge in [0, 0.05) is 4.88 Å². The second kappa shape index (κ2) is 5.23. The average molecular weight is 298 g/mol. The van der Waals surface area contributed by atoms with Crippen molar-refractivity contribution in [3.8, 4) is 0 Å². The van der Waals surface area contributed by atoms with E-state index < -0.39 is 5.60 Å². The van der Waals surface area contributed by atoms with Crippen LogP contribution in [0.15, 0.2) is 24.8 Å². The number of aromatic nitrogens is 3. The quantitative estimate of drug-likeness (QED) is 0.865. The van der Waals surface area contributed by atoms with Crippen molar-refractivity contribution in [3.05, 3.63) is 34.0 Å². The molecule has 1 aliphatic carbocycles. The molecule has 2 atom stereocenters. The molecule has 2 heterocycles. The van der Waals surface area contributed by atoms with Gasteiger partial charge in [0.2, 0.25) is 0 Å². The van der Waals surface area contributed by atoms with Gasteiger partial charge in [0.05, 0.1) is 10.4 Å². The largest absolute Gasteiger partial charge is 0.382 e. The minimum atomic E-state index is -0.887. The molecule has 6 heteroatoms. The van der Waals surface area contributed by atoms with Gasteiger partial charge in [-0.2, -0.15) is 5.10 Å². The summed E-state index contributed by atoms with van der Waals surface area (Å²) in [6, 6.07) is 3.72. The van der Waals surface area contributed by atoms with Crippen LogP contribution in [0.2, 0.25) is 4.34 Å². The van der Waals surface area contributed by atoms with E-state index in [1.807, 2.05) is 12.1 Å². The molecule has 0 aromatic carbocycles. The zero-order chi connectivity index (χ0) is 13.3. The molecule has 0 saturated heterocycles. The van der Waals surface area contributed by atoms with Crippen molar-refractivity contribution in [3.63, 3.8) is 0 Å². The molecule has 0 radical (unpaired) electrons. The van der Waals surface area contributed by atoms with E-state index in [-0.39, 0.29) is 6.04 Å². The Balaban J connectivity index is 2.02. The van der Waals surface area contributed by atoms with Crippen LogP contribution in [0.25, 0.3) is 0 Å². The van der Waals surface area contributed by atoms with E-state index in [1.54, 1.807) is 11.0 Å². The molecule has 1 fully saturated rings. The Morgan fingerprint density at radius 3 is 2.95 bits per heavy atom. The molecule has 0 aliphatic heterocycles. The van der Waals surface area contributed by atoms with Gasteiger partial charge in [-0.05, 0) is 25.0 Å². The standard InChI is InChI=1S/C13H16ClN3OS/c14-12-6-5-11(19-12)13(18)7-3-1-2-4-10(13)17-9-15-8-16-17/h5-6,8-10,18H,1-4,7H2/t10-,13-/m1/s1. The summed E-state index contributed by atoms with van der Waals surface area (Å²) in [7, 11) is 0. The van der Waals surface area contributed by atoms with Gasteiger partial charge in [0.15, 0.2) is 0 Å². The lowest BCUT2D eigenvalue weighted by atomic mass is 9.88. The first-order chi connectivity index (χ1) is 9.20. The molecule has 3 rings (SSSR count). The number of aliphatic hydroxyl groups is 1. The number of hydrogen-bond acceptors (Lipinski definition) is 4. The molecule has 1 aliphatic rings. The minimum Gasteiger partial charge on any atom is -0.382 e. The van der Waals surface area contributed by atoms with Crippen molar-refractivity contribution < 1.29 is 5.11 Å². The third-order valence-electron chi connectivity index (χ3n) is 3.84. The lowest BCUT2D eigenvalue weighted by Crippen LogP contribution is -2.35. The molecule has 102 valence electrons. The highest BCUT2D eigenvalue weighted by Gasteiger charge is 2.42. The summed E-state index contributed by atoms with van der Waals surface area (Å²) in [6.45, 7) is 0. The molecule has 19 heavy (non-hydrogen) atoms. The van der Waals surface area contributed by atoms with Crippen LogP contribution < -0.4 is 0 Å². The lowest BCUT2D eigenvalue weighted by molar-refractivity contribution is -0.0253. The van der Waals surface area contributed by atoms with Crippen LogP contribution in [-0.2, 0) is 5.60 Å². The van der Waals surface area contributed by atoms with Crippen LogP contribution in [0, 0.1) is 0 Å². The summed E-state index contributed by atoms with van der Waals surface area (Å²) in [5, 5.41) is 15.5. The summed E-state index contributed by atoms with van der Waals surface area (Å²) in [5.41, 5.74) is -0.887. The van der Waals surface area contributed by atoms with E-state index in [0.717, 1.165) is 37.0 Å². The Morgan fingerprint density at radius 2 is 2.26 bits per heavy atom. The molecule has 0 bridgehead atoms. The molecular formula is C13H16ClN3OS. The van der Waals surface area contributed by atoms with E-state index in [4.69, 9.17) is 11.6 Å². The van der Waals surface area contributed by atoms with Crippen molar-refractivity contribution in [2.75, 3.05) is 0 Å². The first-order valence-electron chi connectivity index (χ1n) is 6.52. The highest BCUT2D eigenvalue weighted by Crippen LogP contribution is 2.45.